The molecular weight excluding hydrogens is 164 g/mol. The molecule has 2 nitrogen and oxygen atoms in total. The van der Waals surface area contributed by atoms with Crippen LogP contribution >= 0.6 is 0 Å². The molecule has 0 spiro atoms. The summed E-state index contributed by atoms with van der Waals surface area (Å²) in [5.41, 5.74) is 0. The highest BCUT2D eigenvalue weighted by molar-refractivity contribution is 5.17. The van der Waals surface area contributed by atoms with Crippen LogP contribution in [0.5, 0.6) is 0 Å². The van der Waals surface area contributed by atoms with E-state index in [1.54, 1.807) is 0 Å². The molecule has 0 aromatic rings. The molecule has 13 heavy (non-hydrogen) atoms. The van der Waals surface area contributed by atoms with E-state index in [4.69, 9.17) is 0 Å². The Balaban J connectivity index is 1.94. The van der Waals surface area contributed by atoms with E-state index in [2.05, 4.69) is 12.2 Å². The van der Waals surface area contributed by atoms with Gasteiger partial charge in [0.05, 0.1) is 12.2 Å². The number of hydrogen-bond acceptors (Lipinski definition) is 2. The average Bonchev–Trinajstić information content (AvgIpc) is 2.70. The Morgan fingerprint density at radius 1 is 0.846 bits per heavy atom. The fourth-order valence-electron chi connectivity index (χ4n) is 3.71. The van der Waals surface area contributed by atoms with E-state index in [1.165, 1.54) is 6.42 Å². The highest BCUT2D eigenvalue weighted by Crippen LogP contribution is 2.53. The van der Waals surface area contributed by atoms with Crippen molar-refractivity contribution >= 4 is 0 Å². The Bertz CT molecular complexity index is 224. The lowest BCUT2D eigenvalue weighted by Gasteiger charge is -2.39. The molecule has 2 fully saturated rings. The van der Waals surface area contributed by atoms with E-state index in [1.807, 2.05) is 0 Å². The Morgan fingerprint density at radius 2 is 1.31 bits per heavy atom. The van der Waals surface area contributed by atoms with E-state index < -0.39 is 0 Å². The van der Waals surface area contributed by atoms with Gasteiger partial charge in [0, 0.05) is 0 Å². The van der Waals surface area contributed by atoms with Gasteiger partial charge in [0.2, 0.25) is 0 Å². The number of aliphatic hydroxyl groups excluding tert-OH is 2. The molecule has 0 heterocycles. The molecule has 3 rings (SSSR count). The van der Waals surface area contributed by atoms with Gasteiger partial charge in [-0.25, -0.2) is 0 Å². The van der Waals surface area contributed by atoms with Gasteiger partial charge in [-0.05, 0) is 42.9 Å². The van der Waals surface area contributed by atoms with Crippen LogP contribution in [0.15, 0.2) is 12.2 Å². The van der Waals surface area contributed by atoms with E-state index in [0.29, 0.717) is 23.7 Å². The second-order valence-electron chi connectivity index (χ2n) is 4.82. The van der Waals surface area contributed by atoms with Crippen molar-refractivity contribution in [2.24, 2.45) is 23.7 Å². The third-order valence-corrected chi connectivity index (χ3v) is 4.23. The van der Waals surface area contributed by atoms with E-state index >= 15 is 0 Å². The quantitative estimate of drug-likeness (QED) is 0.545. The normalized spacial score (nSPS) is 58.3. The number of rotatable bonds is 0. The van der Waals surface area contributed by atoms with Gasteiger partial charge in [0.25, 0.3) is 0 Å². The molecule has 3 aliphatic rings. The SMILES string of the molecule is O[C@@H]1CC[C@H](O)[C@@H]2[C@H]1[C@H]1C=C[C@@H]2C1. The standard InChI is InChI=1S/C11H16O2/c12-8-3-4-9(13)11-7-2-1-6(5-7)10(8)11/h1-2,6-13H,3-5H2/t6-,7+,8+,9-,10-,11+. The van der Waals surface area contributed by atoms with E-state index in [-0.39, 0.29) is 12.2 Å². The first-order valence-corrected chi connectivity index (χ1v) is 5.32. The number of fused-ring (bicyclic) bond motifs is 5. The lowest BCUT2D eigenvalue weighted by Crippen LogP contribution is -2.42. The molecular formula is C11H16O2. The third kappa shape index (κ3) is 0.960. The number of allylic oxidation sites excluding steroid dienone is 2. The molecule has 6 atom stereocenters. The van der Waals surface area contributed by atoms with Gasteiger partial charge in [-0.15, -0.1) is 0 Å². The van der Waals surface area contributed by atoms with Crippen molar-refractivity contribution in [3.63, 3.8) is 0 Å². The molecule has 0 aliphatic heterocycles. The van der Waals surface area contributed by atoms with Crippen molar-refractivity contribution in [2.45, 2.75) is 31.5 Å². The van der Waals surface area contributed by atoms with Crippen LogP contribution < -0.4 is 0 Å². The minimum atomic E-state index is -0.159. The Kier molecular flexibility index (Phi) is 1.59. The molecule has 72 valence electrons. The lowest BCUT2D eigenvalue weighted by molar-refractivity contribution is -0.0473. The van der Waals surface area contributed by atoms with Crippen LogP contribution in [0.1, 0.15) is 19.3 Å². The summed E-state index contributed by atoms with van der Waals surface area (Å²) in [6, 6.07) is 0. The van der Waals surface area contributed by atoms with Gasteiger partial charge in [0.1, 0.15) is 0 Å². The summed E-state index contributed by atoms with van der Waals surface area (Å²) < 4.78 is 0. The minimum absolute atomic E-state index is 0.159. The van der Waals surface area contributed by atoms with Crippen molar-refractivity contribution in [1.29, 1.82) is 0 Å². The topological polar surface area (TPSA) is 40.5 Å². The summed E-state index contributed by atoms with van der Waals surface area (Å²) in [5.74, 6) is 1.83. The predicted molar refractivity (Wildman–Crippen MR) is 49.0 cm³/mol. The molecule has 3 aliphatic carbocycles. The van der Waals surface area contributed by atoms with Crippen molar-refractivity contribution in [3.05, 3.63) is 12.2 Å². The van der Waals surface area contributed by atoms with Gasteiger partial charge >= 0.3 is 0 Å². The Hall–Kier alpha value is -0.340. The van der Waals surface area contributed by atoms with Crippen LogP contribution in [-0.2, 0) is 0 Å². The fourth-order valence-corrected chi connectivity index (χ4v) is 3.71. The Morgan fingerprint density at radius 3 is 1.77 bits per heavy atom. The maximum absolute atomic E-state index is 9.87. The smallest absolute Gasteiger partial charge is 0.0578 e. The second kappa shape index (κ2) is 2.58. The average molecular weight is 180 g/mol. The molecule has 0 aromatic carbocycles. The zero-order valence-corrected chi connectivity index (χ0v) is 7.63. The first kappa shape index (κ1) is 8.01. The van der Waals surface area contributed by atoms with Crippen LogP contribution in [0.25, 0.3) is 0 Å². The molecule has 2 heteroatoms. The second-order valence-corrected chi connectivity index (χ2v) is 4.82. The molecule has 0 saturated heterocycles. The van der Waals surface area contributed by atoms with Crippen LogP contribution in [0.3, 0.4) is 0 Å². The molecule has 2 bridgehead atoms. The number of hydrogen-bond donors (Lipinski definition) is 2. The summed E-state index contributed by atoms with van der Waals surface area (Å²) >= 11 is 0. The summed E-state index contributed by atoms with van der Waals surface area (Å²) in [4.78, 5) is 0. The predicted octanol–water partition coefficient (Wildman–Crippen LogP) is 0.940. The maximum Gasteiger partial charge on any atom is 0.0578 e. The van der Waals surface area contributed by atoms with Gasteiger partial charge in [-0.3, -0.25) is 0 Å². The van der Waals surface area contributed by atoms with Crippen LogP contribution in [0, 0.1) is 23.7 Å². The van der Waals surface area contributed by atoms with E-state index in [9.17, 15) is 10.2 Å². The Labute approximate surface area is 78.3 Å². The van der Waals surface area contributed by atoms with Crippen molar-refractivity contribution in [1.82, 2.24) is 0 Å². The largest absolute Gasteiger partial charge is 0.393 e. The summed E-state index contributed by atoms with van der Waals surface area (Å²) in [6.07, 6.45) is 6.92. The van der Waals surface area contributed by atoms with Crippen LogP contribution in [0.2, 0.25) is 0 Å². The lowest BCUT2D eigenvalue weighted by atomic mass is 9.70. The van der Waals surface area contributed by atoms with Crippen LogP contribution in [-0.4, -0.2) is 22.4 Å². The van der Waals surface area contributed by atoms with Gasteiger partial charge in [-0.2, -0.15) is 0 Å². The zero-order valence-electron chi connectivity index (χ0n) is 7.63. The highest BCUT2D eigenvalue weighted by atomic mass is 16.3. The van der Waals surface area contributed by atoms with Crippen LogP contribution in [0.4, 0.5) is 0 Å². The summed E-state index contributed by atoms with van der Waals surface area (Å²) in [5, 5.41) is 19.7. The van der Waals surface area contributed by atoms with Crippen molar-refractivity contribution in [3.8, 4) is 0 Å². The molecule has 2 saturated carbocycles. The molecule has 0 unspecified atom stereocenters. The monoisotopic (exact) mass is 180 g/mol. The molecule has 0 amide bonds. The molecule has 0 aromatic heterocycles. The molecule has 0 radical (unpaired) electrons. The number of aliphatic hydroxyl groups is 2. The molecule has 2 N–H and O–H groups in total. The first-order chi connectivity index (χ1) is 6.27. The summed E-state index contributed by atoms with van der Waals surface area (Å²) in [6.45, 7) is 0. The highest BCUT2D eigenvalue weighted by Gasteiger charge is 2.52. The third-order valence-electron chi connectivity index (χ3n) is 4.23. The zero-order chi connectivity index (χ0) is 9.00. The minimum Gasteiger partial charge on any atom is -0.393 e. The van der Waals surface area contributed by atoms with Crippen molar-refractivity contribution < 1.29 is 10.2 Å². The maximum atomic E-state index is 9.87. The van der Waals surface area contributed by atoms with Crippen molar-refractivity contribution in [2.75, 3.05) is 0 Å². The van der Waals surface area contributed by atoms with Gasteiger partial charge in [-0.1, -0.05) is 12.2 Å². The van der Waals surface area contributed by atoms with E-state index in [0.717, 1.165) is 12.8 Å². The first-order valence-electron chi connectivity index (χ1n) is 5.32. The fraction of sp³-hybridized carbons (Fsp3) is 0.818. The van der Waals surface area contributed by atoms with Gasteiger partial charge in [0.15, 0.2) is 0 Å². The van der Waals surface area contributed by atoms with Gasteiger partial charge < -0.3 is 10.2 Å². The summed E-state index contributed by atoms with van der Waals surface area (Å²) in [7, 11) is 0.